The Kier molecular flexibility index (Phi) is 4.42. The van der Waals surface area contributed by atoms with Crippen LogP contribution in [0.5, 0.6) is 0 Å². The first-order valence-electron chi connectivity index (χ1n) is 7.33. The third kappa shape index (κ3) is 3.46. The van der Waals surface area contributed by atoms with Crippen molar-refractivity contribution >= 4 is 23.2 Å². The molecule has 4 nitrogen and oxygen atoms in total. The van der Waals surface area contributed by atoms with Crippen molar-refractivity contribution in [3.8, 4) is 0 Å². The van der Waals surface area contributed by atoms with E-state index < -0.39 is 12.0 Å². The Bertz CT molecular complexity index is 556. The van der Waals surface area contributed by atoms with Crippen molar-refractivity contribution in [1.82, 2.24) is 5.32 Å². The number of hydrogen-bond acceptors (Lipinski definition) is 3. The fraction of sp³-hybridized carbons (Fsp3) is 0.625. The summed E-state index contributed by atoms with van der Waals surface area (Å²) in [5.74, 6) is -0.644. The lowest BCUT2D eigenvalue weighted by atomic mass is 9.72. The first-order chi connectivity index (χ1) is 9.70. The number of carbonyl (C=O) groups excluding carboxylic acids is 1. The lowest BCUT2D eigenvalue weighted by Gasteiger charge is -2.34. The van der Waals surface area contributed by atoms with Crippen LogP contribution in [0.1, 0.15) is 54.9 Å². The van der Waals surface area contributed by atoms with Crippen molar-refractivity contribution in [2.75, 3.05) is 0 Å². The van der Waals surface area contributed by atoms with E-state index >= 15 is 0 Å². The van der Waals surface area contributed by atoms with Gasteiger partial charge in [-0.1, -0.05) is 20.8 Å². The molecule has 0 saturated heterocycles. The van der Waals surface area contributed by atoms with Crippen LogP contribution in [0.15, 0.2) is 5.38 Å². The van der Waals surface area contributed by atoms with E-state index in [2.05, 4.69) is 26.1 Å². The van der Waals surface area contributed by atoms with Crippen molar-refractivity contribution < 1.29 is 14.7 Å². The predicted molar refractivity (Wildman–Crippen MR) is 83.9 cm³/mol. The first-order valence-corrected chi connectivity index (χ1v) is 8.21. The number of aliphatic carboxylic acids is 1. The molecule has 0 spiro atoms. The lowest BCUT2D eigenvalue weighted by molar-refractivity contribution is -0.138. The smallest absolute Gasteiger partial charge is 0.325 e. The molecule has 21 heavy (non-hydrogen) atoms. The Balaban J connectivity index is 2.15. The third-order valence-corrected chi connectivity index (χ3v) is 5.39. The SMILES string of the molecule is CC(NC(=O)c1csc2c1CCC(C(C)(C)C)C2)C(=O)O. The number of fused-ring (bicyclic) bond motifs is 1. The van der Waals surface area contributed by atoms with E-state index in [4.69, 9.17) is 5.11 Å². The van der Waals surface area contributed by atoms with Gasteiger partial charge in [0.2, 0.25) is 0 Å². The standard InChI is InChI=1S/C16H23NO3S/c1-9(15(19)20)17-14(18)12-8-21-13-7-10(16(2,3)4)5-6-11(12)13/h8-10H,5-7H2,1-4H3,(H,17,18)(H,19,20). The van der Waals surface area contributed by atoms with Crippen LogP contribution in [-0.4, -0.2) is 23.0 Å². The summed E-state index contributed by atoms with van der Waals surface area (Å²) >= 11 is 1.63. The topological polar surface area (TPSA) is 66.4 Å². The molecule has 2 unspecified atom stereocenters. The summed E-state index contributed by atoms with van der Waals surface area (Å²) in [6, 6.07) is -0.862. The van der Waals surface area contributed by atoms with Crippen molar-refractivity contribution in [2.45, 2.75) is 53.0 Å². The molecule has 5 heteroatoms. The van der Waals surface area contributed by atoms with Gasteiger partial charge in [0.25, 0.3) is 5.91 Å². The summed E-state index contributed by atoms with van der Waals surface area (Å²) in [6.07, 6.45) is 3.01. The summed E-state index contributed by atoms with van der Waals surface area (Å²) < 4.78 is 0. The molecule has 1 aliphatic carbocycles. The van der Waals surface area contributed by atoms with E-state index in [1.807, 2.05) is 5.38 Å². The number of carboxylic acids is 1. The van der Waals surface area contributed by atoms with E-state index in [-0.39, 0.29) is 11.3 Å². The van der Waals surface area contributed by atoms with Gasteiger partial charge in [0.05, 0.1) is 5.56 Å². The van der Waals surface area contributed by atoms with Crippen molar-refractivity contribution in [3.63, 3.8) is 0 Å². The van der Waals surface area contributed by atoms with E-state index in [0.717, 1.165) is 24.8 Å². The molecule has 0 aliphatic heterocycles. The van der Waals surface area contributed by atoms with Crippen LogP contribution < -0.4 is 5.32 Å². The second-order valence-corrected chi connectivity index (χ2v) is 7.85. The molecule has 1 amide bonds. The molecule has 0 fully saturated rings. The highest BCUT2D eigenvalue weighted by atomic mass is 32.1. The number of amides is 1. The molecule has 1 aromatic rings. The second kappa shape index (κ2) is 5.79. The van der Waals surface area contributed by atoms with E-state index in [1.54, 1.807) is 11.3 Å². The number of hydrogen-bond donors (Lipinski definition) is 2. The molecule has 1 heterocycles. The molecule has 1 aromatic heterocycles. The minimum atomic E-state index is -1.01. The zero-order valence-corrected chi connectivity index (χ0v) is 13.8. The van der Waals surface area contributed by atoms with Gasteiger partial charge in [0.15, 0.2) is 0 Å². The van der Waals surface area contributed by atoms with E-state index in [9.17, 15) is 9.59 Å². The fourth-order valence-electron chi connectivity index (χ4n) is 2.78. The van der Waals surface area contributed by atoms with Gasteiger partial charge >= 0.3 is 5.97 Å². The van der Waals surface area contributed by atoms with Crippen LogP contribution >= 0.6 is 11.3 Å². The number of carboxylic acid groups (broad SMARTS) is 1. The Hall–Kier alpha value is -1.36. The van der Waals surface area contributed by atoms with Gasteiger partial charge in [-0.15, -0.1) is 11.3 Å². The average molecular weight is 309 g/mol. The normalized spacial score (nSPS) is 19.7. The summed E-state index contributed by atoms with van der Waals surface area (Å²) in [6.45, 7) is 8.27. The highest BCUT2D eigenvalue weighted by Gasteiger charge is 2.32. The molecule has 0 bridgehead atoms. The zero-order chi connectivity index (χ0) is 15.8. The zero-order valence-electron chi connectivity index (χ0n) is 13.0. The van der Waals surface area contributed by atoms with Crippen LogP contribution in [-0.2, 0) is 17.6 Å². The van der Waals surface area contributed by atoms with Gasteiger partial charge in [-0.2, -0.15) is 0 Å². The summed E-state index contributed by atoms with van der Waals surface area (Å²) in [7, 11) is 0. The van der Waals surface area contributed by atoms with Crippen molar-refractivity contribution in [3.05, 3.63) is 21.4 Å². The van der Waals surface area contributed by atoms with Crippen molar-refractivity contribution in [2.24, 2.45) is 11.3 Å². The third-order valence-electron chi connectivity index (χ3n) is 4.34. The summed E-state index contributed by atoms with van der Waals surface area (Å²) in [5, 5.41) is 13.3. The Morgan fingerprint density at radius 1 is 1.43 bits per heavy atom. The average Bonchev–Trinajstić information content (AvgIpc) is 2.80. The lowest BCUT2D eigenvalue weighted by Crippen LogP contribution is -2.38. The molecule has 0 radical (unpaired) electrons. The molecule has 116 valence electrons. The minimum Gasteiger partial charge on any atom is -0.480 e. The largest absolute Gasteiger partial charge is 0.480 e. The monoisotopic (exact) mass is 309 g/mol. The van der Waals surface area contributed by atoms with Crippen LogP contribution in [0.3, 0.4) is 0 Å². The molecule has 2 atom stereocenters. The number of carbonyl (C=O) groups is 2. The van der Waals surface area contributed by atoms with Crippen LogP contribution in [0.2, 0.25) is 0 Å². The van der Waals surface area contributed by atoms with Gasteiger partial charge in [-0.3, -0.25) is 9.59 Å². The molecule has 0 saturated carbocycles. The van der Waals surface area contributed by atoms with Gasteiger partial charge in [0, 0.05) is 10.3 Å². The summed E-state index contributed by atoms with van der Waals surface area (Å²) in [4.78, 5) is 24.3. The first kappa shape index (κ1) is 16.0. The molecular formula is C16H23NO3S. The van der Waals surface area contributed by atoms with E-state index in [1.165, 1.54) is 11.8 Å². The molecule has 2 rings (SSSR count). The maximum Gasteiger partial charge on any atom is 0.325 e. The molecule has 1 aliphatic rings. The predicted octanol–water partition coefficient (Wildman–Crippen LogP) is 3.10. The van der Waals surface area contributed by atoms with Gasteiger partial charge in [0.1, 0.15) is 6.04 Å². The van der Waals surface area contributed by atoms with Gasteiger partial charge in [-0.25, -0.2) is 0 Å². The second-order valence-electron chi connectivity index (χ2n) is 6.89. The Morgan fingerprint density at radius 3 is 2.67 bits per heavy atom. The number of nitrogens with one attached hydrogen (secondary N) is 1. The molecule has 0 aromatic carbocycles. The maximum absolute atomic E-state index is 12.2. The number of rotatable bonds is 3. The Labute approximate surface area is 129 Å². The van der Waals surface area contributed by atoms with E-state index in [0.29, 0.717) is 11.5 Å². The number of thiophene rings is 1. The summed E-state index contributed by atoms with van der Waals surface area (Å²) in [5.41, 5.74) is 2.06. The minimum absolute atomic E-state index is 0.267. The van der Waals surface area contributed by atoms with Crippen LogP contribution in [0, 0.1) is 11.3 Å². The maximum atomic E-state index is 12.2. The van der Waals surface area contributed by atoms with Gasteiger partial charge < -0.3 is 10.4 Å². The Morgan fingerprint density at radius 2 is 2.10 bits per heavy atom. The highest BCUT2D eigenvalue weighted by Crippen LogP contribution is 2.40. The highest BCUT2D eigenvalue weighted by molar-refractivity contribution is 7.10. The quantitative estimate of drug-likeness (QED) is 0.901. The van der Waals surface area contributed by atoms with Crippen LogP contribution in [0.25, 0.3) is 0 Å². The van der Waals surface area contributed by atoms with Gasteiger partial charge in [-0.05, 0) is 43.1 Å². The fourth-order valence-corrected chi connectivity index (χ4v) is 3.94. The molecular weight excluding hydrogens is 286 g/mol. The van der Waals surface area contributed by atoms with Crippen molar-refractivity contribution in [1.29, 1.82) is 0 Å². The molecule has 2 N–H and O–H groups in total. The van der Waals surface area contributed by atoms with Crippen LogP contribution in [0.4, 0.5) is 0 Å².